The molecule has 0 unspecified atom stereocenters. The molecule has 0 atom stereocenters. The topological polar surface area (TPSA) is 29.9 Å². The molecule has 3 heteroatoms. The molecule has 0 saturated heterocycles. The lowest BCUT2D eigenvalue weighted by molar-refractivity contribution is 0.605. The third-order valence-corrected chi connectivity index (χ3v) is 4.88. The van der Waals surface area contributed by atoms with Gasteiger partial charge in [-0.15, -0.1) is 0 Å². The molecule has 1 aliphatic rings. The number of benzene rings is 1. The van der Waals surface area contributed by atoms with Crippen LogP contribution in [0.15, 0.2) is 24.3 Å². The third-order valence-electron chi connectivity index (χ3n) is 4.88. The third kappa shape index (κ3) is 2.65. The number of hydrogen-bond donors (Lipinski definition) is 1. The molecule has 1 aromatic heterocycles. The van der Waals surface area contributed by atoms with Crippen molar-refractivity contribution < 1.29 is 0 Å². The fourth-order valence-electron chi connectivity index (χ4n) is 3.51. The van der Waals surface area contributed by atoms with E-state index < -0.39 is 0 Å². The molecule has 0 aliphatic carbocycles. The van der Waals surface area contributed by atoms with E-state index in [1.54, 1.807) is 0 Å². The monoisotopic (exact) mass is 297 g/mol. The number of anilines is 1. The fraction of sp³-hybridized carbons (Fsp3) is 0.526. The lowest BCUT2D eigenvalue weighted by atomic mass is 9.94. The Bertz CT molecular complexity index is 638. The van der Waals surface area contributed by atoms with E-state index in [2.05, 4.69) is 55.0 Å². The van der Waals surface area contributed by atoms with Gasteiger partial charge < -0.3 is 5.32 Å². The number of para-hydroxylation sites is 1. The highest BCUT2D eigenvalue weighted by Crippen LogP contribution is 2.34. The Morgan fingerprint density at radius 1 is 1.18 bits per heavy atom. The second-order valence-corrected chi connectivity index (χ2v) is 6.31. The van der Waals surface area contributed by atoms with Gasteiger partial charge in [0.15, 0.2) is 0 Å². The van der Waals surface area contributed by atoms with Crippen LogP contribution >= 0.6 is 0 Å². The van der Waals surface area contributed by atoms with Crippen LogP contribution in [0.1, 0.15) is 62.3 Å². The summed E-state index contributed by atoms with van der Waals surface area (Å²) in [6, 6.07) is 8.53. The maximum absolute atomic E-state index is 5.06. The van der Waals surface area contributed by atoms with Gasteiger partial charge >= 0.3 is 0 Å². The zero-order chi connectivity index (χ0) is 15.5. The second-order valence-electron chi connectivity index (χ2n) is 6.31. The Labute approximate surface area is 133 Å². The molecule has 3 rings (SSSR count). The molecular weight excluding hydrogens is 270 g/mol. The Morgan fingerprint density at radius 2 is 1.95 bits per heavy atom. The van der Waals surface area contributed by atoms with Gasteiger partial charge in [0, 0.05) is 18.0 Å². The Kier molecular flexibility index (Phi) is 4.51. The minimum atomic E-state index is 0.568. The molecule has 1 aromatic carbocycles. The zero-order valence-electron chi connectivity index (χ0n) is 14.0. The average molecular weight is 297 g/mol. The molecule has 2 aromatic rings. The summed E-state index contributed by atoms with van der Waals surface area (Å²) >= 11 is 0. The molecule has 0 saturated carbocycles. The van der Waals surface area contributed by atoms with Gasteiger partial charge in [-0.3, -0.25) is 0 Å². The van der Waals surface area contributed by atoms with Gasteiger partial charge in [-0.2, -0.15) is 5.10 Å². The molecule has 22 heavy (non-hydrogen) atoms. The van der Waals surface area contributed by atoms with Crippen LogP contribution in [-0.2, 0) is 6.42 Å². The van der Waals surface area contributed by atoms with Crippen LogP contribution in [-0.4, -0.2) is 16.3 Å². The average Bonchev–Trinajstić information content (AvgIpc) is 2.72. The first-order valence-electron chi connectivity index (χ1n) is 8.67. The van der Waals surface area contributed by atoms with Crippen molar-refractivity contribution in [1.82, 2.24) is 9.78 Å². The summed E-state index contributed by atoms with van der Waals surface area (Å²) in [5.74, 6) is 1.80. The van der Waals surface area contributed by atoms with Crippen LogP contribution in [0.25, 0.3) is 5.69 Å². The van der Waals surface area contributed by atoms with Crippen molar-refractivity contribution in [2.45, 2.75) is 58.8 Å². The summed E-state index contributed by atoms with van der Waals surface area (Å²) in [5.41, 5.74) is 5.24. The minimum Gasteiger partial charge on any atom is -0.370 e. The summed E-state index contributed by atoms with van der Waals surface area (Å²) in [5, 5.41) is 8.70. The summed E-state index contributed by atoms with van der Waals surface area (Å²) in [7, 11) is 0. The highest BCUT2D eigenvalue weighted by atomic mass is 15.3. The van der Waals surface area contributed by atoms with Gasteiger partial charge in [0.05, 0.1) is 11.4 Å². The number of aromatic nitrogens is 2. The Hall–Kier alpha value is -1.77. The van der Waals surface area contributed by atoms with Gasteiger partial charge in [-0.05, 0) is 50.7 Å². The predicted molar refractivity (Wildman–Crippen MR) is 93.1 cm³/mol. The largest absolute Gasteiger partial charge is 0.370 e. The summed E-state index contributed by atoms with van der Waals surface area (Å²) in [6.07, 6.45) is 5.97. The predicted octanol–water partition coefficient (Wildman–Crippen LogP) is 4.83. The highest BCUT2D eigenvalue weighted by molar-refractivity contribution is 5.56. The van der Waals surface area contributed by atoms with Crippen LogP contribution in [0.3, 0.4) is 0 Å². The van der Waals surface area contributed by atoms with Crippen molar-refractivity contribution >= 4 is 5.82 Å². The summed E-state index contributed by atoms with van der Waals surface area (Å²) < 4.78 is 2.16. The number of hydrogen-bond acceptors (Lipinski definition) is 2. The van der Waals surface area contributed by atoms with Gasteiger partial charge in [-0.25, -0.2) is 4.68 Å². The number of rotatable bonds is 4. The van der Waals surface area contributed by atoms with E-state index in [-0.39, 0.29) is 0 Å². The molecule has 0 radical (unpaired) electrons. The number of fused-ring (bicyclic) bond motifs is 1. The highest BCUT2D eigenvalue weighted by Gasteiger charge is 2.24. The van der Waals surface area contributed by atoms with Gasteiger partial charge in [-0.1, -0.05) is 32.0 Å². The van der Waals surface area contributed by atoms with E-state index in [1.807, 2.05) is 0 Å². The normalized spacial score (nSPS) is 14.5. The van der Waals surface area contributed by atoms with Crippen LogP contribution in [0.5, 0.6) is 0 Å². The molecule has 1 aliphatic heterocycles. The Balaban J connectivity index is 2.16. The van der Waals surface area contributed by atoms with Crippen molar-refractivity contribution in [3.63, 3.8) is 0 Å². The summed E-state index contributed by atoms with van der Waals surface area (Å²) in [6.45, 7) is 7.76. The first kappa shape index (κ1) is 15.1. The van der Waals surface area contributed by atoms with Crippen molar-refractivity contribution in [3.8, 4) is 5.69 Å². The quantitative estimate of drug-likeness (QED) is 0.875. The van der Waals surface area contributed by atoms with Crippen LogP contribution in [0, 0.1) is 6.92 Å². The molecule has 3 nitrogen and oxygen atoms in total. The molecule has 0 fully saturated rings. The smallest absolute Gasteiger partial charge is 0.133 e. The second kappa shape index (κ2) is 6.55. The van der Waals surface area contributed by atoms with E-state index in [9.17, 15) is 0 Å². The molecule has 0 spiro atoms. The molecule has 1 N–H and O–H groups in total. The molecule has 2 heterocycles. The first-order valence-corrected chi connectivity index (χ1v) is 8.67. The van der Waals surface area contributed by atoms with Gasteiger partial charge in [0.1, 0.15) is 5.82 Å². The first-order chi connectivity index (χ1) is 10.8. The van der Waals surface area contributed by atoms with E-state index in [4.69, 9.17) is 5.10 Å². The lowest BCUT2D eigenvalue weighted by Crippen LogP contribution is -2.08. The maximum atomic E-state index is 5.06. The van der Waals surface area contributed by atoms with E-state index in [0.29, 0.717) is 5.92 Å². The van der Waals surface area contributed by atoms with Crippen molar-refractivity contribution in [2.75, 3.05) is 11.9 Å². The van der Waals surface area contributed by atoms with E-state index >= 15 is 0 Å². The SMILES string of the molecule is CCC(CC)c1nn(-c2ccccc2C)c2c1CCCCN2. The van der Waals surface area contributed by atoms with Crippen molar-refractivity contribution in [3.05, 3.63) is 41.1 Å². The van der Waals surface area contributed by atoms with Gasteiger partial charge in [0.25, 0.3) is 0 Å². The number of aryl methyl sites for hydroxylation is 1. The molecule has 0 bridgehead atoms. The molecule has 0 amide bonds. The van der Waals surface area contributed by atoms with Crippen LogP contribution < -0.4 is 5.32 Å². The van der Waals surface area contributed by atoms with E-state index in [1.165, 1.54) is 41.2 Å². The molecular formula is C19H27N3. The van der Waals surface area contributed by atoms with Crippen molar-refractivity contribution in [2.24, 2.45) is 0 Å². The van der Waals surface area contributed by atoms with Crippen LogP contribution in [0.2, 0.25) is 0 Å². The Morgan fingerprint density at radius 3 is 2.68 bits per heavy atom. The van der Waals surface area contributed by atoms with Crippen molar-refractivity contribution in [1.29, 1.82) is 0 Å². The maximum Gasteiger partial charge on any atom is 0.133 e. The molecule has 118 valence electrons. The number of nitrogens with zero attached hydrogens (tertiary/aromatic N) is 2. The lowest BCUT2D eigenvalue weighted by Gasteiger charge is -2.11. The standard InChI is InChI=1S/C19H27N3/c1-4-15(5-2)18-16-11-8-9-13-20-19(16)22(21-18)17-12-7-6-10-14(17)3/h6-7,10,12,15,20H,4-5,8-9,11,13H2,1-3H3. The van der Waals surface area contributed by atoms with E-state index in [0.717, 1.165) is 25.8 Å². The van der Waals surface area contributed by atoms with Gasteiger partial charge in [0.2, 0.25) is 0 Å². The fourth-order valence-corrected chi connectivity index (χ4v) is 3.51. The minimum absolute atomic E-state index is 0.568. The summed E-state index contributed by atoms with van der Waals surface area (Å²) in [4.78, 5) is 0. The number of nitrogens with one attached hydrogen (secondary N) is 1. The van der Waals surface area contributed by atoms with Crippen LogP contribution in [0.4, 0.5) is 5.82 Å². The zero-order valence-corrected chi connectivity index (χ0v) is 14.0.